The van der Waals surface area contributed by atoms with Crippen LogP contribution in [0.5, 0.6) is 0 Å². The monoisotopic (exact) mass is 489 g/mol. The predicted molar refractivity (Wildman–Crippen MR) is 128 cm³/mol. The summed E-state index contributed by atoms with van der Waals surface area (Å²) in [6.07, 6.45) is 2.32. The molecule has 1 unspecified atom stereocenters. The summed E-state index contributed by atoms with van der Waals surface area (Å²) >= 11 is 1.28. The fraction of sp³-hybridized carbons (Fsp3) is 0.478. The number of fused-ring (bicyclic) bond motifs is 1. The first-order chi connectivity index (χ1) is 15.8. The van der Waals surface area contributed by atoms with Gasteiger partial charge in [-0.05, 0) is 50.0 Å². The van der Waals surface area contributed by atoms with Gasteiger partial charge in [0, 0.05) is 17.0 Å². The molecule has 34 heavy (non-hydrogen) atoms. The molecule has 1 heterocycles. The van der Waals surface area contributed by atoms with Crippen LogP contribution in [0, 0.1) is 38.5 Å². The average Bonchev–Trinajstić information content (AvgIpc) is 3.09. The van der Waals surface area contributed by atoms with Crippen molar-refractivity contribution in [1.82, 2.24) is 0 Å². The molecule has 182 valence electrons. The highest BCUT2D eigenvalue weighted by atomic mass is 32.1. The van der Waals surface area contributed by atoms with Gasteiger partial charge in [0.2, 0.25) is 0 Å². The van der Waals surface area contributed by atoms with Crippen LogP contribution in [0.4, 0.5) is 16.4 Å². The van der Waals surface area contributed by atoms with E-state index in [1.807, 2.05) is 0 Å². The van der Waals surface area contributed by atoms with Gasteiger partial charge >= 0.3 is 5.97 Å². The SMILES string of the molecule is CCOC(=O)c1c(NC(=O)c2cc([N+](=O)[O-])c(C)c([N+](=O)[O-])c2)sc2c1CCC(C(C)(C)C)C2. The van der Waals surface area contributed by atoms with E-state index >= 15 is 0 Å². The molecule has 0 saturated heterocycles. The number of benzene rings is 1. The van der Waals surface area contributed by atoms with Crippen molar-refractivity contribution in [2.75, 3.05) is 11.9 Å². The molecule has 11 heteroatoms. The van der Waals surface area contributed by atoms with Gasteiger partial charge in [0.25, 0.3) is 17.3 Å². The van der Waals surface area contributed by atoms with Crippen LogP contribution in [0.2, 0.25) is 0 Å². The lowest BCUT2D eigenvalue weighted by atomic mass is 9.72. The van der Waals surface area contributed by atoms with Gasteiger partial charge in [-0.15, -0.1) is 11.3 Å². The fourth-order valence-corrected chi connectivity index (χ4v) is 5.51. The normalized spacial score (nSPS) is 15.4. The van der Waals surface area contributed by atoms with Crippen LogP contribution in [0.15, 0.2) is 12.1 Å². The lowest BCUT2D eigenvalue weighted by molar-refractivity contribution is -0.395. The zero-order chi connectivity index (χ0) is 25.4. The van der Waals surface area contributed by atoms with Crippen LogP contribution < -0.4 is 5.32 Å². The summed E-state index contributed by atoms with van der Waals surface area (Å²) in [5.41, 5.74) is -0.211. The van der Waals surface area contributed by atoms with Gasteiger partial charge in [0.15, 0.2) is 0 Å². The van der Waals surface area contributed by atoms with Crippen LogP contribution in [-0.2, 0) is 17.6 Å². The first kappa shape index (κ1) is 25.3. The first-order valence-corrected chi connectivity index (χ1v) is 11.7. The summed E-state index contributed by atoms with van der Waals surface area (Å²) in [5, 5.41) is 25.7. The Kier molecular flexibility index (Phi) is 7.06. The van der Waals surface area contributed by atoms with Gasteiger partial charge in [0.05, 0.1) is 27.6 Å². The maximum absolute atomic E-state index is 13.0. The van der Waals surface area contributed by atoms with Gasteiger partial charge in [-0.3, -0.25) is 25.0 Å². The highest BCUT2D eigenvalue weighted by Gasteiger charge is 2.35. The van der Waals surface area contributed by atoms with Crippen LogP contribution in [-0.4, -0.2) is 28.3 Å². The Hall–Kier alpha value is -3.34. The van der Waals surface area contributed by atoms with Crippen molar-refractivity contribution in [3.8, 4) is 0 Å². The molecule has 3 rings (SSSR count). The zero-order valence-electron chi connectivity index (χ0n) is 19.7. The number of carbonyl (C=O) groups is 2. The Labute approximate surface area is 200 Å². The molecule has 0 bridgehead atoms. The quantitative estimate of drug-likeness (QED) is 0.323. The Balaban J connectivity index is 2.03. The topological polar surface area (TPSA) is 142 Å². The molecule has 0 saturated carbocycles. The highest BCUT2D eigenvalue weighted by Crippen LogP contribution is 2.44. The largest absolute Gasteiger partial charge is 0.462 e. The van der Waals surface area contributed by atoms with Gasteiger partial charge in [-0.2, -0.15) is 0 Å². The molecular weight excluding hydrogens is 462 g/mol. The van der Waals surface area contributed by atoms with Crippen LogP contribution >= 0.6 is 11.3 Å². The molecule has 1 aromatic carbocycles. The molecule has 1 atom stereocenters. The minimum atomic E-state index is -0.775. The van der Waals surface area contributed by atoms with Crippen molar-refractivity contribution >= 4 is 39.6 Å². The number of amides is 1. The number of ether oxygens (including phenoxy) is 1. The molecule has 0 spiro atoms. The van der Waals surface area contributed by atoms with E-state index < -0.39 is 33.1 Å². The summed E-state index contributed by atoms with van der Waals surface area (Å²) < 4.78 is 5.23. The molecule has 1 aliphatic rings. The van der Waals surface area contributed by atoms with Gasteiger partial charge in [-0.25, -0.2) is 4.79 Å². The van der Waals surface area contributed by atoms with E-state index in [9.17, 15) is 29.8 Å². The molecular formula is C23H27N3O7S. The number of anilines is 1. The number of hydrogen-bond acceptors (Lipinski definition) is 8. The summed E-state index contributed by atoms with van der Waals surface area (Å²) in [6.45, 7) is 9.62. The number of carbonyl (C=O) groups excluding carboxylic acids is 2. The van der Waals surface area contributed by atoms with E-state index in [-0.39, 0.29) is 28.1 Å². The van der Waals surface area contributed by atoms with E-state index in [0.29, 0.717) is 17.9 Å². The molecule has 10 nitrogen and oxygen atoms in total. The number of nitrogens with one attached hydrogen (secondary N) is 1. The van der Waals surface area contributed by atoms with Gasteiger partial charge in [0.1, 0.15) is 10.6 Å². The molecule has 1 amide bonds. The van der Waals surface area contributed by atoms with Crippen molar-refractivity contribution in [2.24, 2.45) is 11.3 Å². The second kappa shape index (κ2) is 9.49. The lowest BCUT2D eigenvalue weighted by Gasteiger charge is -2.33. The Bertz CT molecular complexity index is 1140. The molecule has 1 N–H and O–H groups in total. The molecule has 1 aliphatic carbocycles. The highest BCUT2D eigenvalue weighted by molar-refractivity contribution is 7.17. The van der Waals surface area contributed by atoms with Gasteiger partial charge in [-0.1, -0.05) is 20.8 Å². The second-order valence-corrected chi connectivity index (χ2v) is 10.4. The third-order valence-electron chi connectivity index (χ3n) is 6.21. The number of hydrogen-bond donors (Lipinski definition) is 1. The molecule has 1 aromatic heterocycles. The maximum atomic E-state index is 13.0. The minimum absolute atomic E-state index is 0.0783. The number of esters is 1. The number of nitrogens with zero attached hydrogens (tertiary/aromatic N) is 2. The standard InChI is InChI=1S/C23H27N3O7S/c1-6-33-22(28)19-15-8-7-14(23(3,4)5)11-18(15)34-21(19)24-20(27)13-9-16(25(29)30)12(2)17(10-13)26(31)32/h9-10,14H,6-8,11H2,1-5H3,(H,24,27). The van der Waals surface area contributed by atoms with Crippen molar-refractivity contribution < 1.29 is 24.2 Å². The van der Waals surface area contributed by atoms with Crippen molar-refractivity contribution in [3.05, 3.63) is 59.5 Å². The lowest BCUT2D eigenvalue weighted by Crippen LogP contribution is -2.26. The molecule has 0 fully saturated rings. The van der Waals surface area contributed by atoms with Crippen LogP contribution in [0.25, 0.3) is 0 Å². The number of thiophene rings is 1. The third-order valence-corrected chi connectivity index (χ3v) is 7.37. The number of rotatable bonds is 6. The minimum Gasteiger partial charge on any atom is -0.462 e. The van der Waals surface area contributed by atoms with E-state index in [1.54, 1.807) is 6.92 Å². The fourth-order valence-electron chi connectivity index (χ4n) is 4.20. The number of nitro groups is 2. The van der Waals surface area contributed by atoms with E-state index in [2.05, 4.69) is 26.1 Å². The number of nitro benzene ring substituents is 2. The summed E-state index contributed by atoms with van der Waals surface area (Å²) in [5.74, 6) is -0.923. The molecule has 2 aromatic rings. The van der Waals surface area contributed by atoms with Crippen LogP contribution in [0.1, 0.15) is 70.8 Å². The Morgan fingerprint density at radius 2 is 1.76 bits per heavy atom. The second-order valence-electron chi connectivity index (χ2n) is 9.34. The Morgan fingerprint density at radius 3 is 2.26 bits per heavy atom. The summed E-state index contributed by atoms with van der Waals surface area (Å²) in [7, 11) is 0. The molecule has 0 aliphatic heterocycles. The van der Waals surface area contributed by atoms with E-state index in [0.717, 1.165) is 35.4 Å². The predicted octanol–water partition coefficient (Wildman–Crippen LogP) is 5.45. The van der Waals surface area contributed by atoms with Crippen molar-refractivity contribution in [1.29, 1.82) is 0 Å². The summed E-state index contributed by atoms with van der Waals surface area (Å²) in [4.78, 5) is 48.0. The van der Waals surface area contributed by atoms with Crippen molar-refractivity contribution in [2.45, 2.75) is 53.9 Å². The zero-order valence-corrected chi connectivity index (χ0v) is 20.5. The van der Waals surface area contributed by atoms with E-state index in [4.69, 9.17) is 4.74 Å². The average molecular weight is 490 g/mol. The molecule has 0 radical (unpaired) electrons. The van der Waals surface area contributed by atoms with Crippen molar-refractivity contribution in [3.63, 3.8) is 0 Å². The third kappa shape index (κ3) is 4.93. The smallest absolute Gasteiger partial charge is 0.341 e. The Morgan fingerprint density at radius 1 is 1.18 bits per heavy atom. The van der Waals surface area contributed by atoms with Gasteiger partial charge < -0.3 is 10.1 Å². The first-order valence-electron chi connectivity index (χ1n) is 10.9. The van der Waals surface area contributed by atoms with Crippen LogP contribution in [0.3, 0.4) is 0 Å². The van der Waals surface area contributed by atoms with E-state index in [1.165, 1.54) is 18.3 Å². The summed E-state index contributed by atoms with van der Waals surface area (Å²) in [6, 6.07) is 2.01. The maximum Gasteiger partial charge on any atom is 0.341 e.